The van der Waals surface area contributed by atoms with Crippen LogP contribution in [0.3, 0.4) is 0 Å². The van der Waals surface area contributed by atoms with Crippen molar-refractivity contribution in [2.45, 2.75) is 6.92 Å². The number of rotatable bonds is 3. The third-order valence-electron chi connectivity index (χ3n) is 2.93. The zero-order chi connectivity index (χ0) is 14.7. The van der Waals surface area contributed by atoms with Crippen LogP contribution in [0.25, 0.3) is 0 Å². The molecular weight excluding hydrogens is 295 g/mol. The number of amides is 1. The van der Waals surface area contributed by atoms with E-state index in [1.165, 1.54) is 0 Å². The van der Waals surface area contributed by atoms with E-state index in [2.05, 4.69) is 10.6 Å². The summed E-state index contributed by atoms with van der Waals surface area (Å²) in [6, 6.07) is 10.4. The predicted octanol–water partition coefficient (Wildman–Crippen LogP) is 4.60. The van der Waals surface area contributed by atoms with Crippen molar-refractivity contribution in [2.75, 3.05) is 17.7 Å². The summed E-state index contributed by atoms with van der Waals surface area (Å²) in [5.74, 6) is -0.222. The lowest BCUT2D eigenvalue weighted by atomic mass is 10.1. The number of aryl methyl sites for hydroxylation is 1. The van der Waals surface area contributed by atoms with Gasteiger partial charge < -0.3 is 10.6 Å². The lowest BCUT2D eigenvalue weighted by Gasteiger charge is -2.10. The molecule has 0 aliphatic heterocycles. The Morgan fingerprint density at radius 1 is 1.05 bits per heavy atom. The van der Waals surface area contributed by atoms with E-state index in [0.717, 1.165) is 11.3 Å². The molecule has 3 nitrogen and oxygen atoms in total. The van der Waals surface area contributed by atoms with E-state index in [9.17, 15) is 4.79 Å². The number of carbonyl (C=O) groups is 1. The number of hydrogen-bond donors (Lipinski definition) is 2. The van der Waals surface area contributed by atoms with Gasteiger partial charge in [-0.25, -0.2) is 0 Å². The highest BCUT2D eigenvalue weighted by atomic mass is 35.5. The minimum Gasteiger partial charge on any atom is -0.388 e. The first kappa shape index (κ1) is 14.7. The highest BCUT2D eigenvalue weighted by molar-refractivity contribution is 6.35. The summed E-state index contributed by atoms with van der Waals surface area (Å²) >= 11 is 11.9. The maximum Gasteiger partial charge on any atom is 0.255 e. The Kier molecular flexibility index (Phi) is 4.53. The molecule has 2 aromatic carbocycles. The van der Waals surface area contributed by atoms with Gasteiger partial charge in [0.25, 0.3) is 5.91 Å². The second-order valence-electron chi connectivity index (χ2n) is 4.36. The normalized spacial score (nSPS) is 10.2. The van der Waals surface area contributed by atoms with Gasteiger partial charge in [-0.15, -0.1) is 0 Å². The van der Waals surface area contributed by atoms with Crippen LogP contribution >= 0.6 is 23.2 Å². The van der Waals surface area contributed by atoms with Crippen LogP contribution in [0.2, 0.25) is 10.0 Å². The Morgan fingerprint density at radius 3 is 2.45 bits per heavy atom. The molecule has 0 fully saturated rings. The molecule has 104 valence electrons. The number of halogens is 2. The molecule has 2 rings (SSSR count). The van der Waals surface area contributed by atoms with Crippen LogP contribution < -0.4 is 10.6 Å². The zero-order valence-electron chi connectivity index (χ0n) is 11.1. The summed E-state index contributed by atoms with van der Waals surface area (Å²) in [5, 5.41) is 6.78. The molecule has 2 N–H and O–H groups in total. The molecule has 0 radical (unpaired) electrons. The molecule has 1 amide bonds. The highest BCUT2D eigenvalue weighted by Gasteiger charge is 2.10. The van der Waals surface area contributed by atoms with E-state index in [-0.39, 0.29) is 5.91 Å². The van der Waals surface area contributed by atoms with Crippen LogP contribution in [0.4, 0.5) is 11.4 Å². The first-order valence-corrected chi connectivity index (χ1v) is 6.81. The molecule has 0 spiro atoms. The average Bonchev–Trinajstić information content (AvgIpc) is 2.42. The van der Waals surface area contributed by atoms with Crippen LogP contribution in [0.5, 0.6) is 0 Å². The molecule has 0 saturated carbocycles. The quantitative estimate of drug-likeness (QED) is 0.870. The zero-order valence-corrected chi connectivity index (χ0v) is 12.6. The summed E-state index contributed by atoms with van der Waals surface area (Å²) in [6.45, 7) is 1.94. The topological polar surface area (TPSA) is 41.1 Å². The fourth-order valence-corrected chi connectivity index (χ4v) is 2.21. The van der Waals surface area contributed by atoms with E-state index >= 15 is 0 Å². The summed E-state index contributed by atoms with van der Waals surface area (Å²) in [6.07, 6.45) is 0. The van der Waals surface area contributed by atoms with Gasteiger partial charge in [0.1, 0.15) is 0 Å². The molecule has 2 aromatic rings. The van der Waals surface area contributed by atoms with E-state index in [1.54, 1.807) is 24.3 Å². The molecule has 0 heterocycles. The summed E-state index contributed by atoms with van der Waals surface area (Å²) in [7, 11) is 1.84. The van der Waals surface area contributed by atoms with E-state index in [0.29, 0.717) is 21.3 Å². The molecule has 0 aromatic heterocycles. The van der Waals surface area contributed by atoms with Gasteiger partial charge in [-0.2, -0.15) is 0 Å². The van der Waals surface area contributed by atoms with Gasteiger partial charge >= 0.3 is 0 Å². The number of benzene rings is 2. The molecule has 0 atom stereocenters. The highest BCUT2D eigenvalue weighted by Crippen LogP contribution is 2.26. The first-order valence-electron chi connectivity index (χ1n) is 6.06. The number of anilines is 2. The van der Waals surface area contributed by atoms with Crippen LogP contribution in [-0.2, 0) is 0 Å². The van der Waals surface area contributed by atoms with Crippen molar-refractivity contribution in [2.24, 2.45) is 0 Å². The first-order chi connectivity index (χ1) is 9.51. The van der Waals surface area contributed by atoms with E-state index in [1.807, 2.05) is 26.1 Å². The Morgan fingerprint density at radius 2 is 1.80 bits per heavy atom. The van der Waals surface area contributed by atoms with Gasteiger partial charge in [0, 0.05) is 23.3 Å². The van der Waals surface area contributed by atoms with E-state index in [4.69, 9.17) is 23.2 Å². The SMILES string of the molecule is CNc1ccc(C(=O)Nc2cc(Cl)ccc2Cl)cc1C. The molecule has 0 unspecified atom stereocenters. The van der Waals surface area contributed by atoms with Crippen molar-refractivity contribution in [3.05, 3.63) is 57.6 Å². The Bertz CT molecular complexity index is 656. The third kappa shape index (κ3) is 3.24. The summed E-state index contributed by atoms with van der Waals surface area (Å²) in [4.78, 5) is 12.2. The monoisotopic (exact) mass is 308 g/mol. The van der Waals surface area contributed by atoms with Gasteiger partial charge in [-0.1, -0.05) is 23.2 Å². The molecular formula is C15H14Cl2N2O. The maximum atomic E-state index is 12.2. The third-order valence-corrected chi connectivity index (χ3v) is 3.50. The molecule has 20 heavy (non-hydrogen) atoms. The molecule has 0 bridgehead atoms. The van der Waals surface area contributed by atoms with Gasteiger partial charge in [0.15, 0.2) is 0 Å². The summed E-state index contributed by atoms with van der Waals surface area (Å²) < 4.78 is 0. The summed E-state index contributed by atoms with van der Waals surface area (Å²) in [5.41, 5.74) is 3.05. The van der Waals surface area contributed by atoms with Gasteiger partial charge in [-0.05, 0) is 48.9 Å². The molecule has 0 saturated heterocycles. The minimum atomic E-state index is -0.222. The number of carbonyl (C=O) groups excluding carboxylic acids is 1. The molecule has 5 heteroatoms. The fourth-order valence-electron chi connectivity index (χ4n) is 1.87. The van der Waals surface area contributed by atoms with Gasteiger partial charge in [-0.3, -0.25) is 4.79 Å². The smallest absolute Gasteiger partial charge is 0.255 e. The van der Waals surface area contributed by atoms with Crippen LogP contribution in [-0.4, -0.2) is 13.0 Å². The van der Waals surface area contributed by atoms with Gasteiger partial charge in [0.2, 0.25) is 0 Å². The van der Waals surface area contributed by atoms with Crippen LogP contribution in [0.15, 0.2) is 36.4 Å². The van der Waals surface area contributed by atoms with Crippen molar-refractivity contribution < 1.29 is 4.79 Å². The van der Waals surface area contributed by atoms with Crippen molar-refractivity contribution in [1.29, 1.82) is 0 Å². The lowest BCUT2D eigenvalue weighted by Crippen LogP contribution is -2.12. The molecule has 0 aliphatic rings. The predicted molar refractivity (Wildman–Crippen MR) is 85.1 cm³/mol. The lowest BCUT2D eigenvalue weighted by molar-refractivity contribution is 0.102. The largest absolute Gasteiger partial charge is 0.388 e. The van der Waals surface area contributed by atoms with Crippen molar-refractivity contribution in [3.8, 4) is 0 Å². The number of nitrogens with one attached hydrogen (secondary N) is 2. The fraction of sp³-hybridized carbons (Fsp3) is 0.133. The Hall–Kier alpha value is -1.71. The average molecular weight is 309 g/mol. The second kappa shape index (κ2) is 6.16. The van der Waals surface area contributed by atoms with E-state index < -0.39 is 0 Å². The maximum absolute atomic E-state index is 12.2. The van der Waals surface area contributed by atoms with Crippen molar-refractivity contribution in [3.63, 3.8) is 0 Å². The Balaban J connectivity index is 2.24. The van der Waals surface area contributed by atoms with Crippen LogP contribution in [0, 0.1) is 6.92 Å². The minimum absolute atomic E-state index is 0.222. The van der Waals surface area contributed by atoms with Crippen molar-refractivity contribution >= 4 is 40.5 Å². The molecule has 0 aliphatic carbocycles. The number of hydrogen-bond acceptors (Lipinski definition) is 2. The Labute approximate surface area is 127 Å². The van der Waals surface area contributed by atoms with Gasteiger partial charge in [0.05, 0.1) is 10.7 Å². The van der Waals surface area contributed by atoms with Crippen molar-refractivity contribution in [1.82, 2.24) is 0 Å². The van der Waals surface area contributed by atoms with Crippen LogP contribution in [0.1, 0.15) is 15.9 Å². The second-order valence-corrected chi connectivity index (χ2v) is 5.20. The standard InChI is InChI=1S/C15H14Cl2N2O/c1-9-7-10(3-6-13(9)18-2)15(20)19-14-8-11(16)4-5-12(14)17/h3-8,18H,1-2H3,(H,19,20).